The van der Waals surface area contributed by atoms with Crippen LogP contribution in [0.15, 0.2) is 18.2 Å². The molecule has 2 amide bonds. The Balaban J connectivity index is 1.67. The Hall–Kier alpha value is -2.51. The van der Waals surface area contributed by atoms with Crippen LogP contribution in [-0.2, 0) is 9.59 Å². The van der Waals surface area contributed by atoms with E-state index in [0.717, 1.165) is 31.0 Å². The Morgan fingerprint density at radius 2 is 2.17 bits per heavy atom. The lowest BCUT2D eigenvalue weighted by molar-refractivity contribution is -0.384. The second-order valence-electron chi connectivity index (χ2n) is 6.05. The van der Waals surface area contributed by atoms with Crippen LogP contribution in [0.4, 0.5) is 15.8 Å². The largest absolute Gasteiger partial charge is 0.342 e. The van der Waals surface area contributed by atoms with Crippen LogP contribution in [0.5, 0.6) is 0 Å². The van der Waals surface area contributed by atoms with E-state index in [1.165, 1.54) is 0 Å². The van der Waals surface area contributed by atoms with Gasteiger partial charge in [-0.3, -0.25) is 19.7 Å². The summed E-state index contributed by atoms with van der Waals surface area (Å²) in [4.78, 5) is 36.0. The minimum Gasteiger partial charge on any atom is -0.342 e. The zero-order valence-corrected chi connectivity index (χ0v) is 12.3. The highest BCUT2D eigenvalue weighted by Gasteiger charge is 2.37. The molecule has 3 rings (SSSR count). The van der Waals surface area contributed by atoms with Crippen molar-refractivity contribution < 1.29 is 18.9 Å². The lowest BCUT2D eigenvalue weighted by Crippen LogP contribution is -2.30. The Labute approximate surface area is 131 Å². The highest BCUT2D eigenvalue weighted by Crippen LogP contribution is 2.32. The fourth-order valence-electron chi connectivity index (χ4n) is 2.73. The molecule has 0 unspecified atom stereocenters. The molecule has 2 fully saturated rings. The molecule has 0 bridgehead atoms. The lowest BCUT2D eigenvalue weighted by atomic mass is 10.1. The number of hydrogen-bond donors (Lipinski definition) is 1. The maximum atomic E-state index is 13.1. The topological polar surface area (TPSA) is 92.5 Å². The Morgan fingerprint density at radius 3 is 2.83 bits per heavy atom. The van der Waals surface area contributed by atoms with Crippen LogP contribution < -0.4 is 5.32 Å². The van der Waals surface area contributed by atoms with Gasteiger partial charge in [-0.1, -0.05) is 0 Å². The van der Waals surface area contributed by atoms with Crippen molar-refractivity contribution in [3.8, 4) is 0 Å². The van der Waals surface area contributed by atoms with Gasteiger partial charge in [0.1, 0.15) is 11.5 Å². The Kier molecular flexibility index (Phi) is 3.97. The van der Waals surface area contributed by atoms with Crippen LogP contribution >= 0.6 is 0 Å². The fraction of sp³-hybridized carbons (Fsp3) is 0.467. The number of nitrogens with one attached hydrogen (secondary N) is 1. The van der Waals surface area contributed by atoms with E-state index in [9.17, 15) is 24.1 Å². The van der Waals surface area contributed by atoms with E-state index in [-0.39, 0.29) is 18.0 Å². The first-order valence-corrected chi connectivity index (χ1v) is 7.46. The van der Waals surface area contributed by atoms with Crippen LogP contribution in [0.3, 0.4) is 0 Å². The molecule has 1 aliphatic carbocycles. The first kappa shape index (κ1) is 15.4. The summed E-state index contributed by atoms with van der Waals surface area (Å²) in [6.45, 7) is 1.01. The maximum Gasteiger partial charge on any atom is 0.295 e. The predicted octanol–water partition coefficient (Wildman–Crippen LogP) is 1.93. The molecule has 1 atom stereocenters. The van der Waals surface area contributed by atoms with Gasteiger partial charge in [-0.15, -0.1) is 0 Å². The van der Waals surface area contributed by atoms with E-state index < -0.39 is 28.3 Å². The van der Waals surface area contributed by atoms with Crippen molar-refractivity contribution >= 4 is 23.2 Å². The number of benzene rings is 1. The van der Waals surface area contributed by atoms with Gasteiger partial charge in [0.15, 0.2) is 0 Å². The minimum atomic E-state index is -0.752. The van der Waals surface area contributed by atoms with Gasteiger partial charge in [0.05, 0.1) is 16.9 Å². The minimum absolute atomic E-state index is 0.0607. The molecule has 1 saturated carbocycles. The van der Waals surface area contributed by atoms with Crippen LogP contribution in [0.2, 0.25) is 0 Å². The van der Waals surface area contributed by atoms with Crippen LogP contribution in [0, 0.1) is 27.8 Å². The quantitative estimate of drug-likeness (QED) is 0.662. The van der Waals surface area contributed by atoms with Gasteiger partial charge >= 0.3 is 0 Å². The van der Waals surface area contributed by atoms with E-state index >= 15 is 0 Å². The SMILES string of the molecule is O=C(Nc1ccc(F)cc1[N+](=O)[O-])[C@H]1CC(=O)N(CC2CC2)C1. The predicted molar refractivity (Wildman–Crippen MR) is 79.1 cm³/mol. The number of likely N-dealkylation sites (tertiary alicyclic amines) is 1. The Morgan fingerprint density at radius 1 is 1.43 bits per heavy atom. The van der Waals surface area contributed by atoms with E-state index in [2.05, 4.69) is 5.32 Å². The second-order valence-corrected chi connectivity index (χ2v) is 6.05. The number of nitro benzene ring substituents is 1. The molecular formula is C15H16FN3O4. The zero-order valence-electron chi connectivity index (χ0n) is 12.3. The number of nitrogens with zero attached hydrogens (tertiary/aromatic N) is 2. The molecule has 0 aromatic heterocycles. The number of carbonyl (C=O) groups excluding carboxylic acids is 2. The molecule has 7 nitrogen and oxygen atoms in total. The van der Waals surface area contributed by atoms with Gasteiger partial charge in [-0.2, -0.15) is 0 Å². The summed E-state index contributed by atoms with van der Waals surface area (Å²) in [6, 6.07) is 2.96. The van der Waals surface area contributed by atoms with Crippen molar-refractivity contribution in [2.24, 2.45) is 11.8 Å². The number of halogens is 1. The van der Waals surface area contributed by atoms with Crippen molar-refractivity contribution in [1.82, 2.24) is 4.90 Å². The molecule has 23 heavy (non-hydrogen) atoms. The molecule has 122 valence electrons. The van der Waals surface area contributed by atoms with Gasteiger partial charge in [0.2, 0.25) is 11.8 Å². The Bertz CT molecular complexity index is 675. The van der Waals surface area contributed by atoms with Gasteiger partial charge < -0.3 is 10.2 Å². The number of anilines is 1. The number of nitro groups is 1. The first-order chi connectivity index (χ1) is 10.9. The van der Waals surface area contributed by atoms with Crippen LogP contribution in [-0.4, -0.2) is 34.7 Å². The monoisotopic (exact) mass is 321 g/mol. The highest BCUT2D eigenvalue weighted by molar-refractivity contribution is 5.98. The summed E-state index contributed by atoms with van der Waals surface area (Å²) in [7, 11) is 0. The van der Waals surface area contributed by atoms with E-state index in [0.29, 0.717) is 19.0 Å². The van der Waals surface area contributed by atoms with Crippen molar-refractivity contribution in [3.63, 3.8) is 0 Å². The third-order valence-electron chi connectivity index (χ3n) is 4.18. The molecule has 0 spiro atoms. The van der Waals surface area contributed by atoms with Crippen molar-refractivity contribution in [2.45, 2.75) is 19.3 Å². The van der Waals surface area contributed by atoms with Crippen molar-refractivity contribution in [3.05, 3.63) is 34.1 Å². The van der Waals surface area contributed by atoms with Gasteiger partial charge in [-0.25, -0.2) is 4.39 Å². The van der Waals surface area contributed by atoms with E-state index in [4.69, 9.17) is 0 Å². The normalized spacial score (nSPS) is 20.7. The van der Waals surface area contributed by atoms with Gasteiger partial charge in [0.25, 0.3) is 5.69 Å². The van der Waals surface area contributed by atoms with Crippen molar-refractivity contribution in [2.75, 3.05) is 18.4 Å². The molecule has 1 aliphatic heterocycles. The third kappa shape index (κ3) is 3.46. The van der Waals surface area contributed by atoms with E-state index in [1.54, 1.807) is 4.90 Å². The number of amides is 2. The standard InChI is InChI=1S/C15H16FN3O4/c16-11-3-4-12(13(6-11)19(22)23)17-15(21)10-5-14(20)18(8-10)7-9-1-2-9/h3-4,6,9-10H,1-2,5,7-8H2,(H,17,21)/t10-/m0/s1. The number of carbonyl (C=O) groups is 2. The molecule has 1 aromatic rings. The van der Waals surface area contributed by atoms with Crippen LogP contribution in [0.1, 0.15) is 19.3 Å². The van der Waals surface area contributed by atoms with Crippen LogP contribution in [0.25, 0.3) is 0 Å². The van der Waals surface area contributed by atoms with Gasteiger partial charge in [-0.05, 0) is 30.9 Å². The van der Waals surface area contributed by atoms with Gasteiger partial charge in [0, 0.05) is 19.5 Å². The molecule has 1 aromatic carbocycles. The summed E-state index contributed by atoms with van der Waals surface area (Å²) >= 11 is 0. The van der Waals surface area contributed by atoms with Crippen molar-refractivity contribution in [1.29, 1.82) is 0 Å². The zero-order chi connectivity index (χ0) is 16.6. The summed E-state index contributed by atoms with van der Waals surface area (Å²) < 4.78 is 13.1. The maximum absolute atomic E-state index is 13.1. The molecule has 0 radical (unpaired) electrons. The fourth-order valence-corrected chi connectivity index (χ4v) is 2.73. The summed E-state index contributed by atoms with van der Waals surface area (Å²) in [5, 5.41) is 13.4. The molecule has 1 saturated heterocycles. The molecule has 1 N–H and O–H groups in total. The molecular weight excluding hydrogens is 305 g/mol. The summed E-state index contributed by atoms with van der Waals surface area (Å²) in [6.07, 6.45) is 2.33. The average Bonchev–Trinajstić information content (AvgIpc) is 3.23. The lowest BCUT2D eigenvalue weighted by Gasteiger charge is -2.16. The average molecular weight is 321 g/mol. The molecule has 8 heteroatoms. The molecule has 1 heterocycles. The molecule has 2 aliphatic rings. The smallest absolute Gasteiger partial charge is 0.295 e. The van der Waals surface area contributed by atoms with E-state index in [1.807, 2.05) is 0 Å². The summed E-state index contributed by atoms with van der Waals surface area (Å²) in [5.41, 5.74) is -0.563. The number of hydrogen-bond acceptors (Lipinski definition) is 4. The highest BCUT2D eigenvalue weighted by atomic mass is 19.1. The third-order valence-corrected chi connectivity index (χ3v) is 4.18. The first-order valence-electron chi connectivity index (χ1n) is 7.46. The second kappa shape index (κ2) is 5.94. The number of rotatable bonds is 5. The summed E-state index contributed by atoms with van der Waals surface area (Å²) in [5.74, 6) is -1.26.